The van der Waals surface area contributed by atoms with Gasteiger partial charge in [-0.15, -0.1) is 0 Å². The molecule has 3 rings (SSSR count). The topological polar surface area (TPSA) is 51.7 Å². The number of halogens is 2. The van der Waals surface area contributed by atoms with Gasteiger partial charge in [0.1, 0.15) is 12.2 Å². The lowest BCUT2D eigenvalue weighted by atomic mass is 10.0. The molecule has 1 amide bonds. The average Bonchev–Trinajstić information content (AvgIpc) is 2.98. The predicted molar refractivity (Wildman–Crippen MR) is 98.9 cm³/mol. The number of hydrogen-bond donors (Lipinski definition) is 0. The van der Waals surface area contributed by atoms with Crippen molar-refractivity contribution in [2.24, 2.45) is 0 Å². The molecular weight excluding hydrogens is 403 g/mol. The van der Waals surface area contributed by atoms with Crippen LogP contribution in [0.3, 0.4) is 0 Å². The Hall–Kier alpha value is -1.99. The zero-order valence-corrected chi connectivity index (χ0v) is 16.4. The Labute approximate surface area is 160 Å². The van der Waals surface area contributed by atoms with E-state index in [1.807, 2.05) is 32.0 Å². The number of aromatic nitrogens is 1. The van der Waals surface area contributed by atoms with Crippen LogP contribution in [0.4, 0.5) is 4.39 Å². The summed E-state index contributed by atoms with van der Waals surface area (Å²) in [5.74, 6) is -0.539. The van der Waals surface area contributed by atoms with Gasteiger partial charge in [0, 0.05) is 29.3 Å². The minimum atomic E-state index is -0.635. The van der Waals surface area contributed by atoms with Gasteiger partial charge in [-0.1, -0.05) is 33.6 Å². The fourth-order valence-corrected chi connectivity index (χ4v) is 3.43. The van der Waals surface area contributed by atoms with E-state index in [-0.39, 0.29) is 17.9 Å². The highest BCUT2D eigenvalue weighted by Crippen LogP contribution is 2.24. The molecule has 5 nitrogen and oxygen atoms in total. The molecule has 0 spiro atoms. The zero-order valence-electron chi connectivity index (χ0n) is 14.8. The SMILES string of the molecule is CO[C@@H]1CN(C(=O)c2cc(C)ccc2C)C[C@H]1Oc1cc(Br)cc(F)n1. The van der Waals surface area contributed by atoms with E-state index in [1.54, 1.807) is 18.1 Å². The first kappa shape index (κ1) is 18.8. The van der Waals surface area contributed by atoms with Gasteiger partial charge in [-0.2, -0.15) is 9.37 Å². The number of pyridine rings is 1. The van der Waals surface area contributed by atoms with Gasteiger partial charge in [0.05, 0.1) is 13.1 Å². The highest BCUT2D eigenvalue weighted by atomic mass is 79.9. The average molecular weight is 423 g/mol. The molecule has 1 aromatic carbocycles. The highest BCUT2D eigenvalue weighted by molar-refractivity contribution is 9.10. The molecule has 1 fully saturated rings. The quantitative estimate of drug-likeness (QED) is 0.707. The molecule has 0 N–H and O–H groups in total. The molecule has 2 atom stereocenters. The normalized spacial score (nSPS) is 19.7. The van der Waals surface area contributed by atoms with Gasteiger partial charge in [0.2, 0.25) is 11.8 Å². The number of carbonyl (C=O) groups excluding carboxylic acids is 1. The van der Waals surface area contributed by atoms with Crippen LogP contribution in [0.15, 0.2) is 34.8 Å². The van der Waals surface area contributed by atoms with Gasteiger partial charge in [-0.25, -0.2) is 0 Å². The lowest BCUT2D eigenvalue weighted by molar-refractivity contribution is 0.0315. The van der Waals surface area contributed by atoms with E-state index in [2.05, 4.69) is 20.9 Å². The van der Waals surface area contributed by atoms with Crippen LogP contribution < -0.4 is 4.74 Å². The second kappa shape index (κ2) is 7.72. The lowest BCUT2D eigenvalue weighted by Gasteiger charge is -2.18. The molecule has 2 aromatic rings. The van der Waals surface area contributed by atoms with Gasteiger partial charge in [-0.3, -0.25) is 4.79 Å². The first-order valence-corrected chi connectivity index (χ1v) is 9.05. The van der Waals surface area contributed by atoms with Crippen molar-refractivity contribution in [2.75, 3.05) is 20.2 Å². The van der Waals surface area contributed by atoms with E-state index < -0.39 is 12.1 Å². The molecule has 138 valence electrons. The Kier molecular flexibility index (Phi) is 5.58. The summed E-state index contributed by atoms with van der Waals surface area (Å²) < 4.78 is 25.3. The summed E-state index contributed by atoms with van der Waals surface area (Å²) >= 11 is 3.22. The molecule has 26 heavy (non-hydrogen) atoms. The Morgan fingerprint density at radius 3 is 2.65 bits per heavy atom. The van der Waals surface area contributed by atoms with Gasteiger partial charge in [0.25, 0.3) is 5.91 Å². The molecular formula is C19H20BrFN2O3. The number of nitrogens with zero attached hydrogens (tertiary/aromatic N) is 2. The fourth-order valence-electron chi connectivity index (χ4n) is 3.04. The van der Waals surface area contributed by atoms with Crippen LogP contribution in [0.5, 0.6) is 5.88 Å². The summed E-state index contributed by atoms with van der Waals surface area (Å²) in [6.07, 6.45) is -0.733. The summed E-state index contributed by atoms with van der Waals surface area (Å²) in [7, 11) is 1.57. The maximum Gasteiger partial charge on any atom is 0.254 e. The highest BCUT2D eigenvalue weighted by Gasteiger charge is 2.38. The number of benzene rings is 1. The van der Waals surface area contributed by atoms with Crippen LogP contribution in [0, 0.1) is 19.8 Å². The third-order valence-electron chi connectivity index (χ3n) is 4.44. The third kappa shape index (κ3) is 4.04. The third-order valence-corrected chi connectivity index (χ3v) is 4.89. The Morgan fingerprint density at radius 2 is 1.96 bits per heavy atom. The van der Waals surface area contributed by atoms with Gasteiger partial charge >= 0.3 is 0 Å². The number of amides is 1. The number of ether oxygens (including phenoxy) is 2. The van der Waals surface area contributed by atoms with Crippen molar-refractivity contribution in [2.45, 2.75) is 26.1 Å². The predicted octanol–water partition coefficient (Wildman–Crippen LogP) is 3.52. The van der Waals surface area contributed by atoms with Crippen molar-refractivity contribution in [3.63, 3.8) is 0 Å². The first-order chi connectivity index (χ1) is 12.4. The molecule has 0 bridgehead atoms. The molecule has 0 aliphatic carbocycles. The first-order valence-electron chi connectivity index (χ1n) is 8.26. The molecule has 1 aliphatic rings. The molecule has 0 radical (unpaired) electrons. The minimum Gasteiger partial charge on any atom is -0.470 e. The molecule has 0 unspecified atom stereocenters. The summed E-state index contributed by atoms with van der Waals surface area (Å²) in [5, 5.41) is 0. The summed E-state index contributed by atoms with van der Waals surface area (Å²) in [6.45, 7) is 4.63. The van der Waals surface area contributed by atoms with Crippen molar-refractivity contribution < 1.29 is 18.7 Å². The molecule has 2 heterocycles. The second-order valence-corrected chi connectivity index (χ2v) is 7.32. The molecule has 7 heteroatoms. The van der Waals surface area contributed by atoms with Crippen LogP contribution >= 0.6 is 15.9 Å². The number of hydrogen-bond acceptors (Lipinski definition) is 4. The maximum atomic E-state index is 13.5. The van der Waals surface area contributed by atoms with Crippen molar-refractivity contribution in [1.82, 2.24) is 9.88 Å². The van der Waals surface area contributed by atoms with E-state index in [0.29, 0.717) is 23.1 Å². The molecule has 1 aromatic heterocycles. The van der Waals surface area contributed by atoms with E-state index in [1.165, 1.54) is 6.07 Å². The Bertz CT molecular complexity index is 810. The van der Waals surface area contributed by atoms with Crippen LogP contribution in [-0.2, 0) is 4.74 Å². The zero-order chi connectivity index (χ0) is 18.8. The van der Waals surface area contributed by atoms with E-state index in [9.17, 15) is 9.18 Å². The van der Waals surface area contributed by atoms with E-state index in [0.717, 1.165) is 11.1 Å². The number of methoxy groups -OCH3 is 1. The van der Waals surface area contributed by atoms with Crippen molar-refractivity contribution >= 4 is 21.8 Å². The number of carbonyl (C=O) groups is 1. The van der Waals surface area contributed by atoms with E-state index in [4.69, 9.17) is 9.47 Å². The molecule has 1 aliphatic heterocycles. The number of rotatable bonds is 4. The van der Waals surface area contributed by atoms with Crippen molar-refractivity contribution in [1.29, 1.82) is 0 Å². The van der Waals surface area contributed by atoms with Crippen LogP contribution in [0.1, 0.15) is 21.5 Å². The van der Waals surface area contributed by atoms with E-state index >= 15 is 0 Å². The molecule has 1 saturated heterocycles. The fraction of sp³-hybridized carbons (Fsp3) is 0.368. The minimum absolute atomic E-state index is 0.0623. The standard InChI is InChI=1S/C19H20BrFN2O3/c1-11-4-5-12(2)14(6-11)19(24)23-9-15(25-3)16(10-23)26-18-8-13(20)7-17(21)22-18/h4-8,15-16H,9-10H2,1-3H3/t15-,16-/m1/s1. The molecule has 0 saturated carbocycles. The second-order valence-electron chi connectivity index (χ2n) is 6.41. The van der Waals surface area contributed by atoms with Gasteiger partial charge < -0.3 is 14.4 Å². The number of aryl methyl sites for hydroxylation is 2. The number of likely N-dealkylation sites (tertiary alicyclic amines) is 1. The van der Waals surface area contributed by atoms with Gasteiger partial charge in [0.15, 0.2) is 0 Å². The summed E-state index contributed by atoms with van der Waals surface area (Å²) in [5.41, 5.74) is 2.63. The van der Waals surface area contributed by atoms with Crippen LogP contribution in [0.2, 0.25) is 0 Å². The van der Waals surface area contributed by atoms with Crippen LogP contribution in [0.25, 0.3) is 0 Å². The van der Waals surface area contributed by atoms with Crippen LogP contribution in [-0.4, -0.2) is 48.2 Å². The van der Waals surface area contributed by atoms with Crippen molar-refractivity contribution in [3.05, 3.63) is 57.4 Å². The Morgan fingerprint density at radius 1 is 1.23 bits per heavy atom. The largest absolute Gasteiger partial charge is 0.470 e. The van der Waals surface area contributed by atoms with Crippen molar-refractivity contribution in [3.8, 4) is 5.88 Å². The Balaban J connectivity index is 1.78. The van der Waals surface area contributed by atoms with Gasteiger partial charge in [-0.05, 0) is 25.5 Å². The summed E-state index contributed by atoms with van der Waals surface area (Å²) in [6, 6.07) is 8.65. The monoisotopic (exact) mass is 422 g/mol. The summed E-state index contributed by atoms with van der Waals surface area (Å²) in [4.78, 5) is 18.4. The maximum absolute atomic E-state index is 13.5. The lowest BCUT2D eigenvalue weighted by Crippen LogP contribution is -2.32. The smallest absolute Gasteiger partial charge is 0.254 e.